The molecule has 2 aromatic carbocycles. The molecule has 0 bridgehead atoms. The molecule has 1 aromatic heterocycles. The van der Waals surface area contributed by atoms with Gasteiger partial charge in [0.25, 0.3) is 0 Å². The summed E-state index contributed by atoms with van der Waals surface area (Å²) >= 11 is 5.25. The summed E-state index contributed by atoms with van der Waals surface area (Å²) < 4.78 is 5.94. The van der Waals surface area contributed by atoms with Crippen LogP contribution in [0.4, 0.5) is 5.69 Å². The molecule has 27 heavy (non-hydrogen) atoms. The number of aromatic nitrogens is 1. The molecule has 0 aliphatic carbocycles. The van der Waals surface area contributed by atoms with Crippen LogP contribution in [0.2, 0.25) is 0 Å². The van der Waals surface area contributed by atoms with Crippen molar-refractivity contribution in [3.8, 4) is 11.5 Å². The molecule has 2 N–H and O–H groups in total. The first-order valence-corrected chi connectivity index (χ1v) is 9.26. The summed E-state index contributed by atoms with van der Waals surface area (Å²) in [6, 6.07) is 9.89. The molecule has 0 aliphatic heterocycles. The van der Waals surface area contributed by atoms with Crippen molar-refractivity contribution < 1.29 is 9.21 Å². The number of thiocarbonyl (C=S) groups is 1. The van der Waals surface area contributed by atoms with E-state index in [9.17, 15) is 4.79 Å². The SMILES string of the molecule is Cc1cc2nc(-c3ccc(C)c(NC(=S)NC(=O)C(C)C)c3)oc2cc1C. The predicted octanol–water partition coefficient (Wildman–Crippen LogP) is 4.89. The van der Waals surface area contributed by atoms with Crippen LogP contribution >= 0.6 is 12.2 Å². The van der Waals surface area contributed by atoms with Gasteiger partial charge in [-0.15, -0.1) is 0 Å². The average Bonchev–Trinajstić information content (AvgIpc) is 2.99. The molecular formula is C21H23N3O2S. The number of hydrogen-bond donors (Lipinski definition) is 2. The standard InChI is InChI=1S/C21H23N3O2S/c1-11(2)19(25)24-21(27)23-16-10-15(7-6-12(16)3)20-22-17-8-13(4)14(5)9-18(17)26-20/h6-11H,1-5H3,(H2,23,24,25,27). The van der Waals surface area contributed by atoms with E-state index < -0.39 is 0 Å². The number of anilines is 1. The van der Waals surface area contributed by atoms with Crippen LogP contribution in [0.25, 0.3) is 22.6 Å². The van der Waals surface area contributed by atoms with Gasteiger partial charge < -0.3 is 15.1 Å². The highest BCUT2D eigenvalue weighted by atomic mass is 32.1. The molecule has 0 fully saturated rings. The first-order chi connectivity index (χ1) is 12.7. The maximum Gasteiger partial charge on any atom is 0.228 e. The third kappa shape index (κ3) is 4.17. The van der Waals surface area contributed by atoms with Gasteiger partial charge in [-0.05, 0) is 73.9 Å². The molecule has 1 heterocycles. The van der Waals surface area contributed by atoms with E-state index >= 15 is 0 Å². The van der Waals surface area contributed by atoms with Gasteiger partial charge >= 0.3 is 0 Å². The minimum atomic E-state index is -0.135. The highest BCUT2D eigenvalue weighted by Gasteiger charge is 2.13. The Morgan fingerprint density at radius 1 is 1.07 bits per heavy atom. The molecule has 5 nitrogen and oxygen atoms in total. The number of nitrogens with zero attached hydrogens (tertiary/aromatic N) is 1. The Kier molecular flexibility index (Phi) is 5.28. The fraction of sp³-hybridized carbons (Fsp3) is 0.286. The van der Waals surface area contributed by atoms with Crippen LogP contribution in [-0.4, -0.2) is 16.0 Å². The van der Waals surface area contributed by atoms with Gasteiger partial charge in [-0.2, -0.15) is 0 Å². The molecule has 6 heteroatoms. The zero-order valence-corrected chi connectivity index (χ0v) is 17.0. The number of rotatable bonds is 3. The van der Waals surface area contributed by atoms with Crippen molar-refractivity contribution in [3.63, 3.8) is 0 Å². The number of carbonyl (C=O) groups excluding carboxylic acids is 1. The van der Waals surface area contributed by atoms with E-state index in [1.165, 1.54) is 11.1 Å². The van der Waals surface area contributed by atoms with Crippen molar-refractivity contribution in [2.75, 3.05) is 5.32 Å². The van der Waals surface area contributed by atoms with E-state index in [-0.39, 0.29) is 16.9 Å². The van der Waals surface area contributed by atoms with Crippen LogP contribution in [0.1, 0.15) is 30.5 Å². The molecule has 0 radical (unpaired) electrons. The van der Waals surface area contributed by atoms with E-state index in [2.05, 4.69) is 29.5 Å². The molecule has 140 valence electrons. The van der Waals surface area contributed by atoms with Crippen molar-refractivity contribution in [2.45, 2.75) is 34.6 Å². The van der Waals surface area contributed by atoms with Crippen molar-refractivity contribution in [1.29, 1.82) is 0 Å². The van der Waals surface area contributed by atoms with Crippen molar-refractivity contribution in [3.05, 3.63) is 47.0 Å². The highest BCUT2D eigenvalue weighted by molar-refractivity contribution is 7.80. The summed E-state index contributed by atoms with van der Waals surface area (Å²) in [6.07, 6.45) is 0. The smallest absolute Gasteiger partial charge is 0.228 e. The predicted molar refractivity (Wildman–Crippen MR) is 113 cm³/mol. The van der Waals surface area contributed by atoms with E-state index in [4.69, 9.17) is 16.6 Å². The normalized spacial score (nSPS) is 11.0. The molecule has 0 saturated carbocycles. The van der Waals surface area contributed by atoms with Gasteiger partial charge in [0, 0.05) is 17.2 Å². The minimum absolute atomic E-state index is 0.119. The Hall–Kier alpha value is -2.73. The first-order valence-electron chi connectivity index (χ1n) is 8.85. The molecule has 0 spiro atoms. The Morgan fingerprint density at radius 3 is 2.48 bits per heavy atom. The number of nitrogens with one attached hydrogen (secondary N) is 2. The van der Waals surface area contributed by atoms with Gasteiger partial charge in [-0.3, -0.25) is 4.79 Å². The van der Waals surface area contributed by atoms with Crippen LogP contribution in [0.3, 0.4) is 0 Å². The average molecular weight is 382 g/mol. The maximum absolute atomic E-state index is 11.8. The van der Waals surface area contributed by atoms with Gasteiger partial charge in [-0.25, -0.2) is 4.98 Å². The number of aryl methyl sites for hydroxylation is 3. The fourth-order valence-electron chi connectivity index (χ4n) is 2.60. The largest absolute Gasteiger partial charge is 0.436 e. The van der Waals surface area contributed by atoms with Crippen molar-refractivity contribution in [1.82, 2.24) is 10.3 Å². The first kappa shape index (κ1) is 19.0. The fourth-order valence-corrected chi connectivity index (χ4v) is 2.81. The number of hydrogen-bond acceptors (Lipinski definition) is 4. The zero-order valence-electron chi connectivity index (χ0n) is 16.1. The minimum Gasteiger partial charge on any atom is -0.436 e. The van der Waals surface area contributed by atoms with Gasteiger partial charge in [-0.1, -0.05) is 19.9 Å². The van der Waals surface area contributed by atoms with Crippen LogP contribution in [0, 0.1) is 26.7 Å². The number of fused-ring (bicyclic) bond motifs is 1. The second kappa shape index (κ2) is 7.48. The third-order valence-corrected chi connectivity index (χ3v) is 4.70. The number of benzene rings is 2. The molecular weight excluding hydrogens is 358 g/mol. The monoisotopic (exact) mass is 381 g/mol. The van der Waals surface area contributed by atoms with Gasteiger partial charge in [0.05, 0.1) is 0 Å². The van der Waals surface area contributed by atoms with Gasteiger partial charge in [0.1, 0.15) is 5.52 Å². The molecule has 3 aromatic rings. The van der Waals surface area contributed by atoms with Crippen LogP contribution < -0.4 is 10.6 Å². The topological polar surface area (TPSA) is 67.2 Å². The number of amides is 1. The third-order valence-electron chi connectivity index (χ3n) is 4.50. The van der Waals surface area contributed by atoms with E-state index in [0.717, 1.165) is 27.9 Å². The van der Waals surface area contributed by atoms with Crippen LogP contribution in [-0.2, 0) is 4.79 Å². The lowest BCUT2D eigenvalue weighted by Crippen LogP contribution is -2.36. The Bertz CT molecular complexity index is 998. The molecule has 0 aliphatic rings. The van der Waals surface area contributed by atoms with Crippen molar-refractivity contribution >= 4 is 40.0 Å². The maximum atomic E-state index is 11.8. The van der Waals surface area contributed by atoms with Gasteiger partial charge in [0.15, 0.2) is 10.7 Å². The lowest BCUT2D eigenvalue weighted by atomic mass is 10.1. The van der Waals surface area contributed by atoms with E-state index in [1.54, 1.807) is 0 Å². The Balaban J connectivity index is 1.89. The summed E-state index contributed by atoms with van der Waals surface area (Å²) in [4.78, 5) is 16.4. The summed E-state index contributed by atoms with van der Waals surface area (Å²) in [5.74, 6) is 0.296. The van der Waals surface area contributed by atoms with E-state index in [0.29, 0.717) is 5.89 Å². The quantitative estimate of drug-likeness (QED) is 0.632. The lowest BCUT2D eigenvalue weighted by molar-refractivity contribution is -0.122. The number of carbonyl (C=O) groups is 1. The second-order valence-corrected chi connectivity index (χ2v) is 7.46. The summed E-state index contributed by atoms with van der Waals surface area (Å²) in [5.41, 5.74) is 6.60. The lowest BCUT2D eigenvalue weighted by Gasteiger charge is -2.13. The molecule has 1 amide bonds. The Morgan fingerprint density at radius 2 is 1.78 bits per heavy atom. The molecule has 3 rings (SSSR count). The second-order valence-electron chi connectivity index (χ2n) is 7.05. The zero-order chi connectivity index (χ0) is 19.7. The van der Waals surface area contributed by atoms with Crippen LogP contribution in [0.5, 0.6) is 0 Å². The summed E-state index contributed by atoms with van der Waals surface area (Å²) in [5, 5.41) is 6.05. The van der Waals surface area contributed by atoms with E-state index in [1.807, 2.05) is 51.1 Å². The molecule has 0 atom stereocenters. The van der Waals surface area contributed by atoms with Crippen LogP contribution in [0.15, 0.2) is 34.7 Å². The number of oxazole rings is 1. The molecule has 0 saturated heterocycles. The van der Waals surface area contributed by atoms with Gasteiger partial charge in [0.2, 0.25) is 11.8 Å². The summed E-state index contributed by atoms with van der Waals surface area (Å²) in [7, 11) is 0. The highest BCUT2D eigenvalue weighted by Crippen LogP contribution is 2.29. The summed E-state index contributed by atoms with van der Waals surface area (Å²) in [6.45, 7) is 9.72. The Labute approximate surface area is 164 Å². The van der Waals surface area contributed by atoms with Crippen molar-refractivity contribution in [2.24, 2.45) is 5.92 Å². The molecule has 0 unspecified atom stereocenters.